The second-order valence-electron chi connectivity index (χ2n) is 6.43. The van der Waals surface area contributed by atoms with Crippen molar-refractivity contribution in [1.29, 1.82) is 0 Å². The lowest BCUT2D eigenvalue weighted by molar-refractivity contribution is -0.658. The number of hydrogen-bond acceptors (Lipinski definition) is 3. The van der Waals surface area contributed by atoms with Crippen molar-refractivity contribution in [2.24, 2.45) is 0 Å². The molecule has 1 aromatic heterocycles. The quantitative estimate of drug-likeness (QED) is 0.445. The van der Waals surface area contributed by atoms with Crippen molar-refractivity contribution >= 4 is 45.1 Å². The largest absolute Gasteiger partial charge is 0.338 e. The molecule has 0 saturated heterocycles. The van der Waals surface area contributed by atoms with Crippen LogP contribution >= 0.6 is 23.1 Å². The lowest BCUT2D eigenvalue weighted by Crippen LogP contribution is -2.34. The van der Waals surface area contributed by atoms with E-state index < -0.39 is 0 Å². The Labute approximate surface area is 157 Å². The minimum atomic E-state index is 0.822. The van der Waals surface area contributed by atoms with E-state index in [4.69, 9.17) is 0 Å². The Morgan fingerprint density at radius 3 is 2.68 bits per heavy atom. The minimum absolute atomic E-state index is 0.822. The lowest BCUT2D eigenvalue weighted by Gasteiger charge is -2.13. The van der Waals surface area contributed by atoms with Crippen LogP contribution < -0.4 is 9.47 Å². The molecule has 0 N–H and O–H groups in total. The molecular formula is C21H21N2S2+. The van der Waals surface area contributed by atoms with Gasteiger partial charge in [0.15, 0.2) is 6.54 Å². The van der Waals surface area contributed by atoms with Crippen molar-refractivity contribution in [2.75, 3.05) is 11.9 Å². The van der Waals surface area contributed by atoms with Crippen LogP contribution in [0.4, 0.5) is 5.69 Å². The van der Waals surface area contributed by atoms with Crippen LogP contribution in [-0.4, -0.2) is 7.05 Å². The van der Waals surface area contributed by atoms with E-state index in [2.05, 4.69) is 79.4 Å². The van der Waals surface area contributed by atoms with Crippen molar-refractivity contribution in [1.82, 2.24) is 0 Å². The van der Waals surface area contributed by atoms with Gasteiger partial charge in [0.1, 0.15) is 4.70 Å². The van der Waals surface area contributed by atoms with Gasteiger partial charge in [-0.15, -0.1) is 0 Å². The monoisotopic (exact) mass is 365 g/mol. The predicted molar refractivity (Wildman–Crippen MR) is 110 cm³/mol. The molecule has 1 aliphatic heterocycles. The number of fused-ring (bicyclic) bond motifs is 2. The summed E-state index contributed by atoms with van der Waals surface area (Å²) in [5.41, 5.74) is 5.17. The first-order valence-electron chi connectivity index (χ1n) is 8.34. The predicted octanol–water partition coefficient (Wildman–Crippen LogP) is 5.53. The molecule has 2 heterocycles. The summed E-state index contributed by atoms with van der Waals surface area (Å²) in [6.45, 7) is 9.05. The van der Waals surface area contributed by atoms with Crippen LogP contribution in [0.2, 0.25) is 0 Å². The number of hydrogen-bond donors (Lipinski definition) is 0. The van der Waals surface area contributed by atoms with Crippen molar-refractivity contribution in [2.45, 2.75) is 25.3 Å². The summed E-state index contributed by atoms with van der Waals surface area (Å²) in [7, 11) is 2.15. The van der Waals surface area contributed by atoms with Gasteiger partial charge in [-0.1, -0.05) is 41.8 Å². The van der Waals surface area contributed by atoms with Gasteiger partial charge in [-0.2, -0.15) is 4.57 Å². The van der Waals surface area contributed by atoms with Crippen LogP contribution in [0.25, 0.3) is 16.3 Å². The maximum atomic E-state index is 3.94. The fraction of sp³-hybridized carbons (Fsp3) is 0.190. The number of anilines is 1. The van der Waals surface area contributed by atoms with Gasteiger partial charge in [-0.3, -0.25) is 0 Å². The molecule has 4 heteroatoms. The number of aromatic nitrogens is 1. The maximum Gasteiger partial charge on any atom is 0.265 e. The fourth-order valence-corrected chi connectivity index (χ4v) is 5.49. The SMILES string of the molecule is C=CC[n+]1c(/C=C2\Sc3ccc(C)cc3N2C)sc2cc(C)ccc21. The Bertz CT molecular complexity index is 1010. The zero-order valence-electron chi connectivity index (χ0n) is 14.7. The van der Waals surface area contributed by atoms with E-state index >= 15 is 0 Å². The highest BCUT2D eigenvalue weighted by molar-refractivity contribution is 8.03. The average Bonchev–Trinajstić information content (AvgIpc) is 3.07. The highest BCUT2D eigenvalue weighted by Gasteiger charge is 2.25. The molecule has 0 atom stereocenters. The molecule has 1 aliphatic rings. The summed E-state index contributed by atoms with van der Waals surface area (Å²) in [5.74, 6) is 0. The van der Waals surface area contributed by atoms with Crippen molar-refractivity contribution in [3.05, 3.63) is 70.2 Å². The highest BCUT2D eigenvalue weighted by atomic mass is 32.2. The number of aryl methyl sites for hydroxylation is 2. The molecule has 126 valence electrons. The first-order valence-corrected chi connectivity index (χ1v) is 9.98. The zero-order valence-corrected chi connectivity index (χ0v) is 16.4. The molecule has 2 nitrogen and oxygen atoms in total. The van der Waals surface area contributed by atoms with E-state index in [1.54, 1.807) is 0 Å². The number of rotatable bonds is 3. The molecule has 2 aromatic carbocycles. The molecule has 4 rings (SSSR count). The minimum Gasteiger partial charge on any atom is -0.338 e. The third-order valence-corrected chi connectivity index (χ3v) is 6.73. The summed E-state index contributed by atoms with van der Waals surface area (Å²) in [4.78, 5) is 3.62. The summed E-state index contributed by atoms with van der Waals surface area (Å²) in [6.07, 6.45) is 4.28. The van der Waals surface area contributed by atoms with Gasteiger partial charge in [0.2, 0.25) is 5.52 Å². The normalized spacial score (nSPS) is 15.2. The van der Waals surface area contributed by atoms with Gasteiger partial charge in [-0.25, -0.2) is 0 Å². The van der Waals surface area contributed by atoms with E-state index in [1.807, 2.05) is 29.2 Å². The molecule has 0 bridgehead atoms. The van der Waals surface area contributed by atoms with E-state index in [-0.39, 0.29) is 0 Å². The van der Waals surface area contributed by atoms with Crippen molar-refractivity contribution < 1.29 is 4.57 Å². The summed E-state index contributed by atoms with van der Waals surface area (Å²) in [6, 6.07) is 13.3. The third kappa shape index (κ3) is 2.90. The van der Waals surface area contributed by atoms with E-state index in [9.17, 15) is 0 Å². The van der Waals surface area contributed by atoms with Gasteiger partial charge < -0.3 is 4.90 Å². The van der Waals surface area contributed by atoms with Crippen LogP contribution in [0.1, 0.15) is 16.1 Å². The van der Waals surface area contributed by atoms with Crippen LogP contribution in [-0.2, 0) is 6.54 Å². The molecular weight excluding hydrogens is 344 g/mol. The van der Waals surface area contributed by atoms with Crippen LogP contribution in [0.3, 0.4) is 0 Å². The highest BCUT2D eigenvalue weighted by Crippen LogP contribution is 2.46. The molecule has 0 spiro atoms. The first-order chi connectivity index (χ1) is 12.1. The number of nitrogens with zero attached hydrogens (tertiary/aromatic N) is 2. The molecule has 0 saturated carbocycles. The average molecular weight is 366 g/mol. The Morgan fingerprint density at radius 2 is 1.88 bits per heavy atom. The lowest BCUT2D eigenvalue weighted by atomic mass is 10.2. The smallest absolute Gasteiger partial charge is 0.265 e. The number of benzene rings is 2. The summed E-state index contributed by atoms with van der Waals surface area (Å²) in [5, 5.41) is 2.53. The second-order valence-corrected chi connectivity index (χ2v) is 8.55. The van der Waals surface area contributed by atoms with Crippen LogP contribution in [0, 0.1) is 13.8 Å². The van der Waals surface area contributed by atoms with Gasteiger partial charge in [0.25, 0.3) is 5.01 Å². The molecule has 0 radical (unpaired) electrons. The molecule has 3 aromatic rings. The molecule has 0 aliphatic carbocycles. The molecule has 0 fully saturated rings. The zero-order chi connectivity index (χ0) is 17.6. The number of allylic oxidation sites excluding steroid dienone is 1. The first kappa shape index (κ1) is 16.4. The number of thioether (sulfide) groups is 1. The fourth-order valence-electron chi connectivity index (χ4n) is 3.14. The molecule has 0 unspecified atom stereocenters. The van der Waals surface area contributed by atoms with Gasteiger partial charge in [0, 0.05) is 18.0 Å². The van der Waals surface area contributed by atoms with Gasteiger partial charge in [0.05, 0.1) is 16.8 Å². The topological polar surface area (TPSA) is 7.12 Å². The Hall–Kier alpha value is -2.04. The Balaban J connectivity index is 1.81. The Kier molecular flexibility index (Phi) is 4.18. The van der Waals surface area contributed by atoms with E-state index in [0.29, 0.717) is 0 Å². The molecule has 25 heavy (non-hydrogen) atoms. The van der Waals surface area contributed by atoms with Crippen molar-refractivity contribution in [3.63, 3.8) is 0 Å². The summed E-state index contributed by atoms with van der Waals surface area (Å²) >= 11 is 3.69. The standard InChI is InChI=1S/C21H21N2S2/c1-5-10-23-16-8-6-15(3)12-19(16)25-21(23)13-20-22(4)17-11-14(2)7-9-18(17)24-20/h5-9,11-13H,1,10H2,2-4H3/q+1. The van der Waals surface area contributed by atoms with Gasteiger partial charge in [-0.05, 0) is 49.2 Å². The third-order valence-electron chi connectivity index (χ3n) is 4.47. The number of thiazole rings is 1. The van der Waals surface area contributed by atoms with Gasteiger partial charge >= 0.3 is 0 Å². The maximum absolute atomic E-state index is 3.94. The summed E-state index contributed by atoms with van der Waals surface area (Å²) < 4.78 is 3.68. The Morgan fingerprint density at radius 1 is 1.12 bits per heavy atom. The van der Waals surface area contributed by atoms with Crippen LogP contribution in [0.5, 0.6) is 0 Å². The van der Waals surface area contributed by atoms with Crippen LogP contribution in [0.15, 0.2) is 59.0 Å². The second kappa shape index (κ2) is 6.36. The molecule has 0 amide bonds. The van der Waals surface area contributed by atoms with E-state index in [1.165, 1.54) is 42.0 Å². The van der Waals surface area contributed by atoms with E-state index in [0.717, 1.165) is 6.54 Å². The van der Waals surface area contributed by atoms with Crippen molar-refractivity contribution in [3.8, 4) is 0 Å².